The van der Waals surface area contributed by atoms with Gasteiger partial charge in [0.05, 0.1) is 35.7 Å². The molecule has 1 amide bonds. The first-order valence-electron chi connectivity index (χ1n) is 7.59. The Morgan fingerprint density at radius 3 is 2.60 bits per heavy atom. The predicted octanol–water partition coefficient (Wildman–Crippen LogP) is 2.80. The molecule has 7 heteroatoms. The number of fused-ring (bicyclic) bond motifs is 2. The monoisotopic (exact) mass is 360 g/mol. The number of amides is 1. The van der Waals surface area contributed by atoms with E-state index in [1.54, 1.807) is 22.8 Å². The highest BCUT2D eigenvalue weighted by molar-refractivity contribution is 6.33. The van der Waals surface area contributed by atoms with Crippen LogP contribution >= 0.6 is 11.6 Å². The smallest absolute Gasteiger partial charge is 0.263 e. The third-order valence-corrected chi connectivity index (χ3v) is 4.31. The first-order valence-corrected chi connectivity index (χ1v) is 7.97. The predicted molar refractivity (Wildman–Crippen MR) is 97.2 cm³/mol. The van der Waals surface area contributed by atoms with Gasteiger partial charge in [0, 0.05) is 5.39 Å². The van der Waals surface area contributed by atoms with Crippen molar-refractivity contribution in [2.24, 2.45) is 0 Å². The minimum absolute atomic E-state index is 0.0543. The number of methoxy groups -OCH3 is 1. The molecule has 130 valence electrons. The number of ether oxygens (including phenoxy) is 1. The second-order valence-electron chi connectivity index (χ2n) is 5.64. The van der Waals surface area contributed by atoms with Crippen LogP contribution in [0, 0.1) is 6.92 Å². The summed E-state index contributed by atoms with van der Waals surface area (Å²) in [5.74, 6) is -0.0119. The summed E-state index contributed by atoms with van der Waals surface area (Å²) in [6, 6.07) is 8.74. The molecule has 3 rings (SSSR count). The fourth-order valence-electron chi connectivity index (χ4n) is 2.97. The van der Waals surface area contributed by atoms with Crippen LogP contribution in [0.4, 0.5) is 0 Å². The van der Waals surface area contributed by atoms with Gasteiger partial charge in [0.25, 0.3) is 5.91 Å². The molecule has 25 heavy (non-hydrogen) atoms. The number of rotatable bonds is 4. The Bertz CT molecular complexity index is 1040. The van der Waals surface area contributed by atoms with Crippen molar-refractivity contribution in [3.8, 4) is 5.75 Å². The first-order chi connectivity index (χ1) is 12.0. The summed E-state index contributed by atoms with van der Waals surface area (Å²) in [5.41, 5.74) is 4.23. The van der Waals surface area contributed by atoms with Gasteiger partial charge in [-0.25, -0.2) is 5.48 Å². The molecule has 0 aliphatic rings. The standard InChI is InChI=1S/C18H17ClN2O4/c1-10-4-5-11-14(8-10)21(9-15(22)20-25-3)16-12(17(11)23)6-7-13(19)18(16)24-2/h4-8H,9H2,1-3H3,(H,20,22). The van der Waals surface area contributed by atoms with Crippen molar-refractivity contribution in [1.29, 1.82) is 0 Å². The number of nitrogens with one attached hydrogen (secondary N) is 1. The molecule has 2 aromatic carbocycles. The fraction of sp³-hybridized carbons (Fsp3) is 0.222. The molecular weight excluding hydrogens is 344 g/mol. The van der Waals surface area contributed by atoms with Crippen LogP contribution in [0.1, 0.15) is 5.56 Å². The number of nitrogens with zero attached hydrogens (tertiary/aromatic N) is 1. The highest BCUT2D eigenvalue weighted by Crippen LogP contribution is 2.34. The Labute approximate surface area is 148 Å². The summed E-state index contributed by atoms with van der Waals surface area (Å²) in [6.07, 6.45) is 0. The first kappa shape index (κ1) is 17.3. The van der Waals surface area contributed by atoms with Crippen LogP contribution in [-0.2, 0) is 16.2 Å². The Balaban J connectivity index is 2.49. The molecule has 0 unspecified atom stereocenters. The molecule has 1 heterocycles. The van der Waals surface area contributed by atoms with Crippen molar-refractivity contribution in [3.63, 3.8) is 0 Å². The van der Waals surface area contributed by atoms with E-state index in [1.807, 2.05) is 19.1 Å². The van der Waals surface area contributed by atoms with Gasteiger partial charge in [0.15, 0.2) is 11.2 Å². The SMILES string of the molecule is CONC(=O)Cn1c2cc(C)ccc2c(=O)c2ccc(Cl)c(OC)c21. The Morgan fingerprint density at radius 1 is 1.20 bits per heavy atom. The van der Waals surface area contributed by atoms with Gasteiger partial charge in [0.2, 0.25) is 0 Å². The summed E-state index contributed by atoms with van der Waals surface area (Å²) in [6.45, 7) is 1.87. The number of aromatic nitrogens is 1. The largest absolute Gasteiger partial charge is 0.493 e. The van der Waals surface area contributed by atoms with Crippen LogP contribution < -0.4 is 15.6 Å². The lowest BCUT2D eigenvalue weighted by Crippen LogP contribution is -2.27. The number of pyridine rings is 1. The average Bonchev–Trinajstić information content (AvgIpc) is 2.58. The van der Waals surface area contributed by atoms with Gasteiger partial charge in [-0.1, -0.05) is 17.7 Å². The van der Waals surface area contributed by atoms with Crippen LogP contribution in [0.5, 0.6) is 5.75 Å². The summed E-state index contributed by atoms with van der Waals surface area (Å²) >= 11 is 6.24. The highest BCUT2D eigenvalue weighted by atomic mass is 35.5. The zero-order valence-corrected chi connectivity index (χ0v) is 14.8. The van der Waals surface area contributed by atoms with E-state index in [2.05, 4.69) is 5.48 Å². The Kier molecular flexibility index (Phi) is 4.65. The molecule has 0 saturated heterocycles. The number of aryl methyl sites for hydroxylation is 1. The van der Waals surface area contributed by atoms with Gasteiger partial charge in [-0.05, 0) is 36.8 Å². The number of carbonyl (C=O) groups excluding carboxylic acids is 1. The molecule has 3 aromatic rings. The van der Waals surface area contributed by atoms with E-state index in [-0.39, 0.29) is 17.9 Å². The lowest BCUT2D eigenvalue weighted by atomic mass is 10.1. The van der Waals surface area contributed by atoms with Crippen molar-refractivity contribution in [2.45, 2.75) is 13.5 Å². The van der Waals surface area contributed by atoms with Crippen molar-refractivity contribution >= 4 is 39.3 Å². The molecule has 0 atom stereocenters. The van der Waals surface area contributed by atoms with Crippen molar-refractivity contribution < 1.29 is 14.4 Å². The van der Waals surface area contributed by atoms with Crippen LogP contribution in [0.2, 0.25) is 5.02 Å². The van der Waals surface area contributed by atoms with Gasteiger partial charge in [0.1, 0.15) is 6.54 Å². The summed E-state index contributed by atoms with van der Waals surface area (Å²) < 4.78 is 7.14. The van der Waals surface area contributed by atoms with E-state index < -0.39 is 0 Å². The number of carbonyl (C=O) groups is 1. The summed E-state index contributed by atoms with van der Waals surface area (Å²) in [4.78, 5) is 29.7. The maximum atomic E-state index is 12.9. The molecular formula is C18H17ClN2O4. The summed E-state index contributed by atoms with van der Waals surface area (Å²) in [7, 11) is 2.84. The maximum Gasteiger partial charge on any atom is 0.263 e. The van der Waals surface area contributed by atoms with Gasteiger partial charge >= 0.3 is 0 Å². The zero-order valence-electron chi connectivity index (χ0n) is 14.1. The second kappa shape index (κ2) is 6.74. The minimum Gasteiger partial charge on any atom is -0.493 e. The van der Waals surface area contributed by atoms with E-state index in [0.717, 1.165) is 5.56 Å². The lowest BCUT2D eigenvalue weighted by molar-refractivity contribution is -0.131. The third-order valence-electron chi connectivity index (χ3n) is 4.01. The number of halogens is 1. The van der Waals surface area contributed by atoms with E-state index in [4.69, 9.17) is 21.2 Å². The molecule has 0 aliphatic carbocycles. The highest BCUT2D eigenvalue weighted by Gasteiger charge is 2.18. The normalized spacial score (nSPS) is 11.0. The van der Waals surface area contributed by atoms with Crippen molar-refractivity contribution in [3.05, 3.63) is 51.1 Å². The average molecular weight is 361 g/mol. The fourth-order valence-corrected chi connectivity index (χ4v) is 3.20. The Hall–Kier alpha value is -2.57. The second-order valence-corrected chi connectivity index (χ2v) is 6.05. The van der Waals surface area contributed by atoms with Crippen LogP contribution in [0.15, 0.2) is 35.1 Å². The van der Waals surface area contributed by atoms with Gasteiger partial charge in [-0.15, -0.1) is 0 Å². The molecule has 1 N–H and O–H groups in total. The molecule has 0 fully saturated rings. The number of hydrogen-bond acceptors (Lipinski definition) is 4. The third kappa shape index (κ3) is 2.94. The van der Waals surface area contributed by atoms with Gasteiger partial charge < -0.3 is 9.30 Å². The molecule has 1 aromatic heterocycles. The summed E-state index contributed by atoms with van der Waals surface area (Å²) in [5, 5.41) is 1.32. The van der Waals surface area contributed by atoms with E-state index in [1.165, 1.54) is 14.2 Å². The van der Waals surface area contributed by atoms with E-state index in [0.29, 0.717) is 32.6 Å². The van der Waals surface area contributed by atoms with Crippen LogP contribution in [-0.4, -0.2) is 24.7 Å². The molecule has 0 radical (unpaired) electrons. The van der Waals surface area contributed by atoms with Gasteiger partial charge in [-0.2, -0.15) is 0 Å². The molecule has 0 aliphatic heterocycles. The van der Waals surface area contributed by atoms with Crippen molar-refractivity contribution in [2.75, 3.05) is 14.2 Å². The van der Waals surface area contributed by atoms with E-state index in [9.17, 15) is 9.59 Å². The molecule has 6 nitrogen and oxygen atoms in total. The zero-order chi connectivity index (χ0) is 18.1. The van der Waals surface area contributed by atoms with Crippen molar-refractivity contribution in [1.82, 2.24) is 10.0 Å². The quantitative estimate of drug-likeness (QED) is 0.573. The minimum atomic E-state index is -0.364. The topological polar surface area (TPSA) is 69.6 Å². The van der Waals surface area contributed by atoms with Gasteiger partial charge in [-0.3, -0.25) is 14.4 Å². The maximum absolute atomic E-state index is 12.9. The number of benzene rings is 2. The van der Waals surface area contributed by atoms with E-state index >= 15 is 0 Å². The molecule has 0 saturated carbocycles. The Morgan fingerprint density at radius 2 is 1.92 bits per heavy atom. The van der Waals surface area contributed by atoms with Crippen LogP contribution in [0.25, 0.3) is 21.8 Å². The number of hydrogen-bond donors (Lipinski definition) is 1. The molecule has 0 spiro atoms. The lowest BCUT2D eigenvalue weighted by Gasteiger charge is -2.18. The number of hydroxylamine groups is 1. The molecule has 0 bridgehead atoms. The van der Waals surface area contributed by atoms with Crippen LogP contribution in [0.3, 0.4) is 0 Å².